The summed E-state index contributed by atoms with van der Waals surface area (Å²) < 4.78 is 27.8. The number of carbonyl (C=O) groups excluding carboxylic acids is 13. The molecule has 0 saturated carbocycles. The molecule has 3 heterocycles. The zero-order valence-electron chi connectivity index (χ0n) is 43.6. The first kappa shape index (κ1) is 66.1. The van der Waals surface area contributed by atoms with Gasteiger partial charge in [-0.15, -0.1) is 11.8 Å². The van der Waals surface area contributed by atoms with Crippen LogP contribution in [0.2, 0.25) is 0 Å². The second-order valence-corrected chi connectivity index (χ2v) is 21.3. The maximum absolute atomic E-state index is 14.8. The summed E-state index contributed by atoms with van der Waals surface area (Å²) in [5.41, 5.74) is 14.9. The van der Waals surface area contributed by atoms with Gasteiger partial charge >= 0.3 is 29.8 Å². The highest BCUT2D eigenvalue weighted by Crippen LogP contribution is 2.35. The number of aliphatic imine (C=N–C) groups is 1. The Morgan fingerprint density at radius 1 is 0.734 bits per heavy atom. The second kappa shape index (κ2) is 32.7. The number of fused-ring (bicyclic) bond motifs is 1. The smallest absolute Gasteiger partial charge is 0.305 e. The molecule has 3 fully saturated rings. The number of esters is 4. The average Bonchev–Trinajstić information content (AvgIpc) is 3.87. The number of carboxylic acid groups (broad SMARTS) is 1. The molecule has 3 saturated heterocycles. The van der Waals surface area contributed by atoms with Crippen molar-refractivity contribution < 1.29 is 95.9 Å². The van der Waals surface area contributed by atoms with Crippen LogP contribution < -0.4 is 54.4 Å². The lowest BCUT2D eigenvalue weighted by atomic mass is 9.99. The van der Waals surface area contributed by atoms with E-state index in [1.165, 1.54) is 0 Å². The van der Waals surface area contributed by atoms with Crippen LogP contribution in [-0.4, -0.2) is 215 Å². The zero-order chi connectivity index (χ0) is 59.1. The predicted molar refractivity (Wildman–Crippen MR) is 277 cm³/mol. The van der Waals surface area contributed by atoms with Crippen LogP contribution in [0.1, 0.15) is 66.7 Å². The van der Waals surface area contributed by atoms with Gasteiger partial charge < -0.3 is 88.1 Å². The average molecular weight is 1180 g/mol. The van der Waals surface area contributed by atoms with E-state index >= 15 is 0 Å². The van der Waals surface area contributed by atoms with E-state index in [4.69, 9.17) is 40.9 Å². The van der Waals surface area contributed by atoms with Crippen molar-refractivity contribution in [1.82, 2.24) is 42.1 Å². The Bertz CT molecular complexity index is 2330. The fourth-order valence-electron chi connectivity index (χ4n) is 7.82. The third-order valence-corrected chi connectivity index (χ3v) is 14.9. The van der Waals surface area contributed by atoms with Gasteiger partial charge in [-0.25, -0.2) is 0 Å². The molecule has 0 spiro atoms. The number of carbonyl (C=O) groups is 14. The molecule has 0 aromatic rings. The molecule has 0 bridgehead atoms. The number of ether oxygens (including phenoxy) is 5. The molecule has 3 aliphatic heterocycles. The summed E-state index contributed by atoms with van der Waals surface area (Å²) in [4.78, 5) is 188. The number of aliphatic carboxylic acids is 1. The van der Waals surface area contributed by atoms with Crippen LogP contribution >= 0.6 is 33.3 Å². The SMILES string of the molecule is CC(=O)N[C@H]1CSSC[C@@H](C(N)=O)NC(=O)[C@@H]2CCCN2C(=O)[C@H](CS[C@@H]2O[C@H](COC(C)=O)[C@@H](OC(C)=O)[C@H](OC(C)=O)[C@H]2OC(C)=O)NC(=O)[C@H](CC(=O)O)NC(=O)CNC(=O)[C@H](CCCN=C(N)N)NC(=O)CNC1=O. The van der Waals surface area contributed by atoms with Crippen LogP contribution in [0.15, 0.2) is 4.99 Å². The first-order valence-corrected chi connectivity index (χ1v) is 27.8. The van der Waals surface area contributed by atoms with E-state index in [9.17, 15) is 72.2 Å². The molecule has 0 radical (unpaired) electrons. The van der Waals surface area contributed by atoms with Crippen LogP contribution in [-0.2, 0) is 90.8 Å². The summed E-state index contributed by atoms with van der Waals surface area (Å²) >= 11 is 0.637. The van der Waals surface area contributed by atoms with Crippen molar-refractivity contribution in [2.45, 2.75) is 133 Å². The van der Waals surface area contributed by atoms with Crippen LogP contribution in [0.4, 0.5) is 0 Å². The molecule has 11 atom stereocenters. The number of primary amides is 1. The quantitative estimate of drug-likeness (QED) is 0.0171. The Kier molecular flexibility index (Phi) is 27.4. The fraction of sp³-hybridized carbons (Fsp3) is 0.659. The van der Waals surface area contributed by atoms with Crippen molar-refractivity contribution in [1.29, 1.82) is 0 Å². The Labute approximate surface area is 463 Å². The number of thioether (sulfide) groups is 1. The summed E-state index contributed by atoms with van der Waals surface area (Å²) in [6.07, 6.45) is -7.26. The zero-order valence-corrected chi connectivity index (χ0v) is 46.0. The summed E-state index contributed by atoms with van der Waals surface area (Å²) in [5.74, 6) is -15.1. The third kappa shape index (κ3) is 23.0. The standard InChI is InChI=1S/C44H66N12O20S3/c1-19(57)51-27-18-79-78-17-26(37(45)66)54-41(70)29-9-7-11-56(29)42(71)28(16-77-43-36(75-23(5)61)35(74-22(4)60)34(73-21(3)59)30(76-43)15-72-20(2)58)55-40(69)25(12-33(64)65)53-32(63)14-49-38(67)24(8-6-10-48-44(46)47)52-31(62)13-50-39(27)68/h24-30,34-36,43H,6-18H2,1-5H3,(H2,45,66)(H,49,67)(H,50,68)(H,51,57)(H,52,62)(H,53,63)(H,54,70)(H,55,69)(H,64,65)(H4,46,47,48)/t24-,25-,26-,27-,28-,29-,30+,34+,35-,36+,43-/m0/s1. The normalized spacial score (nSPS) is 27.1. The van der Waals surface area contributed by atoms with Crippen molar-refractivity contribution in [3.8, 4) is 0 Å². The molecule has 440 valence electrons. The minimum atomic E-state index is -1.99. The molecule has 3 aliphatic rings. The summed E-state index contributed by atoms with van der Waals surface area (Å²) in [7, 11) is 1.94. The molecule has 0 aliphatic carbocycles. The molecule has 3 rings (SSSR count). The molecule has 0 unspecified atom stereocenters. The summed E-state index contributed by atoms with van der Waals surface area (Å²) in [5, 5.41) is 26.5. The topological polar surface area (TPSA) is 483 Å². The largest absolute Gasteiger partial charge is 0.481 e. The molecule has 35 heteroatoms. The van der Waals surface area contributed by atoms with Gasteiger partial charge in [0.2, 0.25) is 53.2 Å². The van der Waals surface area contributed by atoms with Gasteiger partial charge in [-0.1, -0.05) is 21.6 Å². The maximum Gasteiger partial charge on any atom is 0.305 e. The molecule has 9 amide bonds. The number of nitrogens with two attached hydrogens (primary N) is 3. The van der Waals surface area contributed by atoms with E-state index in [-0.39, 0.29) is 56.2 Å². The highest BCUT2D eigenvalue weighted by molar-refractivity contribution is 8.76. The van der Waals surface area contributed by atoms with Gasteiger partial charge in [0.1, 0.15) is 54.4 Å². The Morgan fingerprint density at radius 2 is 1.33 bits per heavy atom. The van der Waals surface area contributed by atoms with Gasteiger partial charge in [0, 0.05) is 65.0 Å². The van der Waals surface area contributed by atoms with Gasteiger partial charge in [0.05, 0.1) is 19.5 Å². The molecule has 0 aromatic heterocycles. The predicted octanol–water partition coefficient (Wildman–Crippen LogP) is -6.12. The van der Waals surface area contributed by atoms with E-state index in [1.807, 2.05) is 0 Å². The monoisotopic (exact) mass is 1180 g/mol. The van der Waals surface area contributed by atoms with Crippen molar-refractivity contribution >= 4 is 122 Å². The van der Waals surface area contributed by atoms with Gasteiger partial charge in [0.25, 0.3) is 0 Å². The Hall–Kier alpha value is -7.14. The Morgan fingerprint density at radius 3 is 1.91 bits per heavy atom. The van der Waals surface area contributed by atoms with Gasteiger partial charge in [-0.2, -0.15) is 0 Å². The van der Waals surface area contributed by atoms with Gasteiger partial charge in [-0.05, 0) is 25.7 Å². The maximum atomic E-state index is 14.8. The van der Waals surface area contributed by atoms with Crippen molar-refractivity contribution in [2.24, 2.45) is 22.2 Å². The lowest BCUT2D eigenvalue weighted by Crippen LogP contribution is -2.62. The second-order valence-electron chi connectivity index (χ2n) is 17.7. The number of nitrogens with one attached hydrogen (secondary N) is 7. The van der Waals surface area contributed by atoms with Crippen molar-refractivity contribution in [3.63, 3.8) is 0 Å². The molecule has 79 heavy (non-hydrogen) atoms. The van der Waals surface area contributed by atoms with E-state index in [2.05, 4.69) is 42.2 Å². The van der Waals surface area contributed by atoms with Crippen LogP contribution in [0.5, 0.6) is 0 Å². The van der Waals surface area contributed by atoms with Crippen molar-refractivity contribution in [3.05, 3.63) is 0 Å². The number of carboxylic acids is 1. The van der Waals surface area contributed by atoms with Crippen molar-refractivity contribution in [2.75, 3.05) is 50.0 Å². The van der Waals surface area contributed by atoms with Crippen LogP contribution in [0.3, 0.4) is 0 Å². The van der Waals surface area contributed by atoms with E-state index in [1.54, 1.807) is 0 Å². The first-order chi connectivity index (χ1) is 37.2. The van der Waals surface area contributed by atoms with E-state index in [0.717, 1.165) is 61.1 Å². The third-order valence-electron chi connectivity index (χ3n) is 11.2. The highest BCUT2D eigenvalue weighted by Gasteiger charge is 2.53. The summed E-state index contributed by atoms with van der Waals surface area (Å²) in [6, 6.07) is -9.17. The first-order valence-electron chi connectivity index (χ1n) is 24.2. The highest BCUT2D eigenvalue weighted by atomic mass is 33.1. The van der Waals surface area contributed by atoms with Crippen LogP contribution in [0.25, 0.3) is 0 Å². The van der Waals surface area contributed by atoms with Crippen LogP contribution in [0, 0.1) is 0 Å². The number of amides is 9. The number of guanidine groups is 1. The number of nitrogens with zero attached hydrogens (tertiary/aromatic N) is 2. The van der Waals surface area contributed by atoms with E-state index < -0.39 is 181 Å². The molecule has 32 nitrogen and oxygen atoms in total. The molecule has 14 N–H and O–H groups in total. The minimum absolute atomic E-state index is 0.00449. The van der Waals surface area contributed by atoms with E-state index in [0.29, 0.717) is 11.8 Å². The number of hydrogen-bond acceptors (Lipinski definition) is 23. The molecular formula is C44H66N12O20S3. The lowest BCUT2D eigenvalue weighted by Gasteiger charge is -2.44. The minimum Gasteiger partial charge on any atom is -0.481 e. The number of hydrogen-bond donors (Lipinski definition) is 11. The van der Waals surface area contributed by atoms with Gasteiger partial charge in [0.15, 0.2) is 24.3 Å². The Balaban J connectivity index is 2.13. The lowest BCUT2D eigenvalue weighted by molar-refractivity contribution is -0.237. The number of rotatable bonds is 16. The molecular weight excluding hydrogens is 1110 g/mol. The summed E-state index contributed by atoms with van der Waals surface area (Å²) in [6.45, 7) is 2.79. The molecule has 0 aromatic carbocycles. The van der Waals surface area contributed by atoms with Gasteiger partial charge in [-0.3, -0.25) is 72.1 Å². The fourth-order valence-corrected chi connectivity index (χ4v) is 11.4.